The Bertz CT molecular complexity index is 551. The number of benzene rings is 1. The first kappa shape index (κ1) is 14.4. The van der Waals surface area contributed by atoms with E-state index in [0.717, 1.165) is 24.2 Å². The second kappa shape index (κ2) is 6.42. The van der Waals surface area contributed by atoms with E-state index >= 15 is 0 Å². The second-order valence-corrected chi connectivity index (χ2v) is 5.29. The Morgan fingerprint density at radius 2 is 2.05 bits per heavy atom. The predicted octanol–water partition coefficient (Wildman–Crippen LogP) is 3.62. The first-order chi connectivity index (χ1) is 9.10. The van der Waals surface area contributed by atoms with Crippen LogP contribution in [0.15, 0.2) is 30.5 Å². The minimum Gasteiger partial charge on any atom is -0.309 e. The summed E-state index contributed by atoms with van der Waals surface area (Å²) in [4.78, 5) is 0. The molecule has 0 saturated carbocycles. The number of hydrogen-bond donors (Lipinski definition) is 1. The molecular weight excluding hydrogens is 281 g/mol. The third-order valence-electron chi connectivity index (χ3n) is 2.97. The van der Waals surface area contributed by atoms with E-state index in [1.54, 1.807) is 0 Å². The van der Waals surface area contributed by atoms with Crippen LogP contribution in [-0.4, -0.2) is 16.3 Å². The number of hydrogen-bond acceptors (Lipinski definition) is 2. The van der Waals surface area contributed by atoms with Gasteiger partial charge in [-0.05, 0) is 36.7 Å². The van der Waals surface area contributed by atoms with E-state index < -0.39 is 0 Å². The molecule has 0 fully saturated rings. The van der Waals surface area contributed by atoms with Crippen molar-refractivity contribution in [3.05, 3.63) is 51.8 Å². The minimum atomic E-state index is 0.184. The van der Waals surface area contributed by atoms with Gasteiger partial charge in [0.15, 0.2) is 0 Å². The highest BCUT2D eigenvalue weighted by atomic mass is 35.5. The average Bonchev–Trinajstić information content (AvgIpc) is 2.80. The first-order valence-corrected chi connectivity index (χ1v) is 7.02. The van der Waals surface area contributed by atoms with Crippen LogP contribution in [0, 0.1) is 0 Å². The van der Waals surface area contributed by atoms with Gasteiger partial charge in [0.05, 0.1) is 21.8 Å². The lowest BCUT2D eigenvalue weighted by Crippen LogP contribution is -2.23. The predicted molar refractivity (Wildman–Crippen MR) is 79.8 cm³/mol. The molecule has 19 heavy (non-hydrogen) atoms. The molecule has 1 heterocycles. The van der Waals surface area contributed by atoms with Crippen LogP contribution in [0.5, 0.6) is 0 Å². The summed E-state index contributed by atoms with van der Waals surface area (Å²) in [5.41, 5.74) is 2.18. The van der Waals surface area contributed by atoms with Gasteiger partial charge in [-0.15, -0.1) is 0 Å². The molecule has 3 nitrogen and oxygen atoms in total. The molecule has 0 amide bonds. The van der Waals surface area contributed by atoms with Gasteiger partial charge in [0.25, 0.3) is 0 Å². The maximum atomic E-state index is 6.05. The fraction of sp³-hybridized carbons (Fsp3) is 0.357. The molecule has 102 valence electrons. The van der Waals surface area contributed by atoms with E-state index in [0.29, 0.717) is 10.0 Å². The Kier molecular flexibility index (Phi) is 4.86. The summed E-state index contributed by atoms with van der Waals surface area (Å²) in [6, 6.07) is 7.97. The summed E-state index contributed by atoms with van der Waals surface area (Å²) in [5, 5.41) is 9.08. The molecule has 0 radical (unpaired) electrons. The van der Waals surface area contributed by atoms with Gasteiger partial charge in [-0.3, -0.25) is 4.68 Å². The van der Waals surface area contributed by atoms with E-state index in [1.807, 2.05) is 42.2 Å². The Hall–Kier alpha value is -1.03. The van der Waals surface area contributed by atoms with E-state index in [2.05, 4.69) is 17.3 Å². The van der Waals surface area contributed by atoms with Gasteiger partial charge in [-0.25, -0.2) is 0 Å². The lowest BCUT2D eigenvalue weighted by atomic mass is 10.0. The topological polar surface area (TPSA) is 29.9 Å². The maximum absolute atomic E-state index is 6.05. The highest BCUT2D eigenvalue weighted by Crippen LogP contribution is 2.25. The summed E-state index contributed by atoms with van der Waals surface area (Å²) in [7, 11) is 1.92. The highest BCUT2D eigenvalue weighted by Gasteiger charge is 2.14. The van der Waals surface area contributed by atoms with Crippen LogP contribution in [0.2, 0.25) is 10.0 Å². The van der Waals surface area contributed by atoms with Crippen molar-refractivity contribution in [1.82, 2.24) is 15.1 Å². The van der Waals surface area contributed by atoms with Crippen molar-refractivity contribution >= 4 is 23.2 Å². The van der Waals surface area contributed by atoms with Crippen LogP contribution in [0.1, 0.15) is 24.2 Å². The summed E-state index contributed by atoms with van der Waals surface area (Å²) in [6.45, 7) is 2.98. The first-order valence-electron chi connectivity index (χ1n) is 6.27. The van der Waals surface area contributed by atoms with Gasteiger partial charge in [0, 0.05) is 13.2 Å². The summed E-state index contributed by atoms with van der Waals surface area (Å²) in [6.07, 6.45) is 2.79. The molecule has 0 spiro atoms. The second-order valence-electron chi connectivity index (χ2n) is 4.48. The van der Waals surface area contributed by atoms with Crippen LogP contribution < -0.4 is 5.32 Å². The number of aromatic nitrogens is 2. The Morgan fingerprint density at radius 3 is 2.63 bits per heavy atom. The van der Waals surface area contributed by atoms with E-state index in [-0.39, 0.29) is 6.04 Å². The standard InChI is InChI=1S/C14H17Cl2N3/c1-3-17-14(13-6-7-19(2)18-13)9-10-4-5-11(15)12(16)8-10/h4-8,14,17H,3,9H2,1-2H3. The molecule has 0 aliphatic carbocycles. The number of nitrogens with one attached hydrogen (secondary N) is 1. The molecule has 1 atom stereocenters. The van der Waals surface area contributed by atoms with Crippen LogP contribution in [0.4, 0.5) is 0 Å². The minimum absolute atomic E-state index is 0.184. The van der Waals surface area contributed by atoms with Crippen molar-refractivity contribution < 1.29 is 0 Å². The largest absolute Gasteiger partial charge is 0.309 e. The van der Waals surface area contributed by atoms with Gasteiger partial charge < -0.3 is 5.32 Å². The molecule has 0 aliphatic heterocycles. The van der Waals surface area contributed by atoms with Crippen molar-refractivity contribution in [2.24, 2.45) is 7.05 Å². The molecule has 0 aliphatic rings. The van der Waals surface area contributed by atoms with E-state index in [4.69, 9.17) is 23.2 Å². The van der Waals surface area contributed by atoms with Gasteiger partial charge in [-0.1, -0.05) is 36.2 Å². The Morgan fingerprint density at radius 1 is 1.26 bits per heavy atom. The molecule has 0 saturated heterocycles. The highest BCUT2D eigenvalue weighted by molar-refractivity contribution is 6.42. The number of rotatable bonds is 5. The van der Waals surface area contributed by atoms with Gasteiger partial charge in [0.1, 0.15) is 0 Å². The molecule has 0 bridgehead atoms. The van der Waals surface area contributed by atoms with Crippen LogP contribution in [0.3, 0.4) is 0 Å². The molecule has 1 N–H and O–H groups in total. The quantitative estimate of drug-likeness (QED) is 0.913. The number of halogens is 2. The molecule has 5 heteroatoms. The lowest BCUT2D eigenvalue weighted by molar-refractivity contribution is 0.528. The lowest BCUT2D eigenvalue weighted by Gasteiger charge is -2.16. The molecule has 1 unspecified atom stereocenters. The number of aryl methyl sites for hydroxylation is 1. The third kappa shape index (κ3) is 3.72. The Labute approximate surface area is 123 Å². The molecule has 1 aromatic heterocycles. The Balaban J connectivity index is 2.18. The van der Waals surface area contributed by atoms with Crippen LogP contribution >= 0.6 is 23.2 Å². The molecular formula is C14H17Cl2N3. The van der Waals surface area contributed by atoms with E-state index in [1.165, 1.54) is 0 Å². The van der Waals surface area contributed by atoms with Crippen LogP contribution in [-0.2, 0) is 13.5 Å². The smallest absolute Gasteiger partial charge is 0.0797 e. The normalized spacial score (nSPS) is 12.6. The van der Waals surface area contributed by atoms with Crippen LogP contribution in [0.25, 0.3) is 0 Å². The van der Waals surface area contributed by atoms with Crippen molar-refractivity contribution in [2.45, 2.75) is 19.4 Å². The van der Waals surface area contributed by atoms with Crippen molar-refractivity contribution in [3.8, 4) is 0 Å². The van der Waals surface area contributed by atoms with Crippen molar-refractivity contribution in [3.63, 3.8) is 0 Å². The summed E-state index contributed by atoms with van der Waals surface area (Å²) in [5.74, 6) is 0. The number of likely N-dealkylation sites (N-methyl/N-ethyl adjacent to an activating group) is 1. The fourth-order valence-electron chi connectivity index (χ4n) is 2.05. The monoisotopic (exact) mass is 297 g/mol. The molecule has 2 rings (SSSR count). The zero-order chi connectivity index (χ0) is 13.8. The summed E-state index contributed by atoms with van der Waals surface area (Å²) < 4.78 is 1.81. The zero-order valence-electron chi connectivity index (χ0n) is 11.0. The summed E-state index contributed by atoms with van der Waals surface area (Å²) >= 11 is 12.0. The van der Waals surface area contributed by atoms with Crippen molar-refractivity contribution in [1.29, 1.82) is 0 Å². The SMILES string of the molecule is CCNC(Cc1ccc(Cl)c(Cl)c1)c1ccn(C)n1. The third-order valence-corrected chi connectivity index (χ3v) is 3.70. The van der Waals surface area contributed by atoms with Crippen molar-refractivity contribution in [2.75, 3.05) is 6.54 Å². The number of nitrogens with zero attached hydrogens (tertiary/aromatic N) is 2. The van der Waals surface area contributed by atoms with Gasteiger partial charge in [-0.2, -0.15) is 5.10 Å². The van der Waals surface area contributed by atoms with Gasteiger partial charge in [0.2, 0.25) is 0 Å². The van der Waals surface area contributed by atoms with E-state index in [9.17, 15) is 0 Å². The maximum Gasteiger partial charge on any atom is 0.0797 e. The fourth-order valence-corrected chi connectivity index (χ4v) is 2.37. The molecule has 2 aromatic rings. The van der Waals surface area contributed by atoms with Gasteiger partial charge >= 0.3 is 0 Å². The zero-order valence-corrected chi connectivity index (χ0v) is 12.5. The molecule has 1 aromatic carbocycles. The average molecular weight is 298 g/mol.